The van der Waals surface area contributed by atoms with E-state index in [9.17, 15) is 4.79 Å². The number of carbonyl (C=O) groups excluding carboxylic acids is 1. The van der Waals surface area contributed by atoms with Crippen LogP contribution in [0, 0.1) is 6.92 Å². The molecule has 2 aromatic carbocycles. The van der Waals surface area contributed by atoms with Gasteiger partial charge < -0.3 is 14.5 Å². The molecule has 31 heavy (non-hydrogen) atoms. The Balaban J connectivity index is 1.79. The van der Waals surface area contributed by atoms with Crippen LogP contribution in [0.3, 0.4) is 0 Å². The van der Waals surface area contributed by atoms with E-state index in [-0.39, 0.29) is 5.91 Å². The lowest BCUT2D eigenvalue weighted by molar-refractivity contribution is -0.111. The highest BCUT2D eigenvalue weighted by Gasteiger charge is 2.19. The number of aryl methyl sites for hydroxylation is 1. The summed E-state index contributed by atoms with van der Waals surface area (Å²) in [6, 6.07) is 17.5. The van der Waals surface area contributed by atoms with E-state index in [1.54, 1.807) is 30.7 Å². The molecule has 0 fully saturated rings. The number of nitrogens with zero attached hydrogens (tertiary/aromatic N) is 1. The van der Waals surface area contributed by atoms with Crippen LogP contribution < -0.4 is 10.1 Å². The molecule has 156 valence electrons. The third kappa shape index (κ3) is 4.21. The van der Waals surface area contributed by atoms with Crippen molar-refractivity contribution in [3.05, 3.63) is 84.3 Å². The van der Waals surface area contributed by atoms with Crippen LogP contribution in [0.4, 0.5) is 5.82 Å². The van der Waals surface area contributed by atoms with Crippen molar-refractivity contribution in [3.8, 4) is 16.9 Å². The third-order valence-electron chi connectivity index (χ3n) is 5.11. The standard InChI is InChI=1S/C26H24N2O3/c1-4-30-25-18(3)26-21(22(16-31-26)19-10-6-5-7-11-19)15-20(25)17(2)14-24(29)28-23-12-8-9-13-27-23/h5-16H,4H2,1-3H3,(H,27,28,29)/b17-14+. The number of pyridine rings is 1. The van der Waals surface area contributed by atoms with Gasteiger partial charge in [-0.05, 0) is 50.1 Å². The second kappa shape index (κ2) is 8.88. The molecule has 1 N–H and O–H groups in total. The number of aromatic nitrogens is 1. The van der Waals surface area contributed by atoms with Gasteiger partial charge in [0, 0.05) is 34.3 Å². The average molecular weight is 412 g/mol. The highest BCUT2D eigenvalue weighted by atomic mass is 16.5. The third-order valence-corrected chi connectivity index (χ3v) is 5.11. The lowest BCUT2D eigenvalue weighted by Crippen LogP contribution is -2.10. The number of ether oxygens (including phenoxy) is 1. The van der Waals surface area contributed by atoms with Crippen molar-refractivity contribution in [2.24, 2.45) is 0 Å². The van der Waals surface area contributed by atoms with Crippen molar-refractivity contribution >= 4 is 28.3 Å². The van der Waals surface area contributed by atoms with Crippen molar-refractivity contribution in [2.75, 3.05) is 11.9 Å². The number of nitrogens with one attached hydrogen (secondary N) is 1. The van der Waals surface area contributed by atoms with Crippen LogP contribution in [0.2, 0.25) is 0 Å². The molecule has 0 aliphatic carbocycles. The SMILES string of the molecule is CCOc1c(/C(C)=C/C(=O)Nc2ccccn2)cc2c(-c3ccccc3)coc2c1C. The fraction of sp³-hybridized carbons (Fsp3) is 0.154. The fourth-order valence-corrected chi connectivity index (χ4v) is 3.65. The molecule has 0 aliphatic rings. The molecule has 0 saturated carbocycles. The van der Waals surface area contributed by atoms with Crippen LogP contribution in [-0.4, -0.2) is 17.5 Å². The maximum absolute atomic E-state index is 12.6. The molecule has 0 unspecified atom stereocenters. The van der Waals surface area contributed by atoms with Crippen LogP contribution >= 0.6 is 0 Å². The number of hydrogen-bond donors (Lipinski definition) is 1. The van der Waals surface area contributed by atoms with Gasteiger partial charge in [0.05, 0.1) is 12.9 Å². The molecule has 0 atom stereocenters. The maximum atomic E-state index is 12.6. The minimum atomic E-state index is -0.244. The molecule has 0 saturated heterocycles. The summed E-state index contributed by atoms with van der Waals surface area (Å²) in [4.78, 5) is 16.7. The van der Waals surface area contributed by atoms with Gasteiger partial charge in [0.1, 0.15) is 17.2 Å². The van der Waals surface area contributed by atoms with Crippen molar-refractivity contribution in [2.45, 2.75) is 20.8 Å². The molecular formula is C26H24N2O3. The van der Waals surface area contributed by atoms with Crippen molar-refractivity contribution in [1.29, 1.82) is 0 Å². The summed E-state index contributed by atoms with van der Waals surface area (Å²) >= 11 is 0. The van der Waals surface area contributed by atoms with Gasteiger partial charge in [0.2, 0.25) is 5.91 Å². The highest BCUT2D eigenvalue weighted by molar-refractivity contribution is 6.05. The number of anilines is 1. The van der Waals surface area contributed by atoms with Gasteiger partial charge in [0.25, 0.3) is 0 Å². The number of allylic oxidation sites excluding steroid dienone is 1. The minimum Gasteiger partial charge on any atom is -0.493 e. The molecular weight excluding hydrogens is 388 g/mol. The Bertz CT molecular complexity index is 1240. The van der Waals surface area contributed by atoms with E-state index in [2.05, 4.69) is 22.4 Å². The van der Waals surface area contributed by atoms with Crippen LogP contribution in [0.15, 0.2) is 77.6 Å². The van der Waals surface area contributed by atoms with Crippen LogP contribution in [0.5, 0.6) is 5.75 Å². The Kier molecular flexibility index (Phi) is 5.85. The van der Waals surface area contributed by atoms with Gasteiger partial charge in [0.15, 0.2) is 0 Å². The number of rotatable bonds is 6. The van der Waals surface area contributed by atoms with Gasteiger partial charge in [-0.25, -0.2) is 4.98 Å². The summed E-state index contributed by atoms with van der Waals surface area (Å²) in [6.45, 7) is 6.34. The predicted octanol–water partition coefficient (Wildman–Crippen LogP) is 6.24. The molecule has 0 bridgehead atoms. The molecule has 4 rings (SSSR count). The predicted molar refractivity (Wildman–Crippen MR) is 124 cm³/mol. The van der Waals surface area contributed by atoms with E-state index < -0.39 is 0 Å². The van der Waals surface area contributed by atoms with Crippen molar-refractivity contribution in [3.63, 3.8) is 0 Å². The normalized spacial score (nSPS) is 11.5. The number of benzene rings is 2. The molecule has 0 aliphatic heterocycles. The molecule has 0 spiro atoms. The number of carbonyl (C=O) groups is 1. The van der Waals surface area contributed by atoms with E-state index in [0.717, 1.165) is 44.5 Å². The van der Waals surface area contributed by atoms with Gasteiger partial charge in [-0.1, -0.05) is 36.4 Å². The molecule has 5 nitrogen and oxygen atoms in total. The topological polar surface area (TPSA) is 64.4 Å². The summed E-state index contributed by atoms with van der Waals surface area (Å²) in [5.41, 5.74) is 5.44. The molecule has 1 amide bonds. The number of hydrogen-bond acceptors (Lipinski definition) is 4. The summed E-state index contributed by atoms with van der Waals surface area (Å²) in [5, 5.41) is 3.78. The van der Waals surface area contributed by atoms with Crippen molar-refractivity contribution in [1.82, 2.24) is 4.98 Å². The highest BCUT2D eigenvalue weighted by Crippen LogP contribution is 2.40. The smallest absolute Gasteiger partial charge is 0.249 e. The van der Waals surface area contributed by atoms with E-state index in [4.69, 9.17) is 9.15 Å². The summed E-state index contributed by atoms with van der Waals surface area (Å²) in [6.07, 6.45) is 4.99. The Morgan fingerprint density at radius 3 is 2.65 bits per heavy atom. The first-order chi connectivity index (χ1) is 15.1. The lowest BCUT2D eigenvalue weighted by Gasteiger charge is -2.15. The molecule has 0 radical (unpaired) electrons. The van der Waals surface area contributed by atoms with Gasteiger partial charge >= 0.3 is 0 Å². The zero-order valence-electron chi connectivity index (χ0n) is 17.8. The fourth-order valence-electron chi connectivity index (χ4n) is 3.65. The maximum Gasteiger partial charge on any atom is 0.249 e. The Hall–Kier alpha value is -3.86. The number of fused-ring (bicyclic) bond motifs is 1. The summed E-state index contributed by atoms with van der Waals surface area (Å²) < 4.78 is 11.9. The number of furan rings is 1. The average Bonchev–Trinajstić information content (AvgIpc) is 3.21. The largest absolute Gasteiger partial charge is 0.493 e. The van der Waals surface area contributed by atoms with Gasteiger partial charge in [-0.15, -0.1) is 0 Å². The minimum absolute atomic E-state index is 0.244. The molecule has 5 heteroatoms. The van der Waals surface area contributed by atoms with Crippen LogP contribution in [-0.2, 0) is 4.79 Å². The second-order valence-electron chi connectivity index (χ2n) is 7.23. The Morgan fingerprint density at radius 1 is 1.16 bits per heavy atom. The second-order valence-corrected chi connectivity index (χ2v) is 7.23. The summed E-state index contributed by atoms with van der Waals surface area (Å²) in [5.74, 6) is 0.990. The van der Waals surface area contributed by atoms with Gasteiger partial charge in [-0.3, -0.25) is 4.79 Å². The number of amides is 1. The van der Waals surface area contributed by atoms with E-state index in [0.29, 0.717) is 12.4 Å². The lowest BCUT2D eigenvalue weighted by atomic mass is 9.96. The molecule has 2 aromatic heterocycles. The van der Waals surface area contributed by atoms with Crippen LogP contribution in [0.1, 0.15) is 25.0 Å². The molecule has 2 heterocycles. The zero-order valence-corrected chi connectivity index (χ0v) is 17.8. The zero-order chi connectivity index (χ0) is 21.8. The van der Waals surface area contributed by atoms with E-state index in [1.165, 1.54) is 0 Å². The van der Waals surface area contributed by atoms with E-state index in [1.807, 2.05) is 51.1 Å². The Morgan fingerprint density at radius 2 is 1.94 bits per heavy atom. The van der Waals surface area contributed by atoms with Crippen molar-refractivity contribution < 1.29 is 13.9 Å². The van der Waals surface area contributed by atoms with Crippen LogP contribution in [0.25, 0.3) is 27.7 Å². The first-order valence-electron chi connectivity index (χ1n) is 10.2. The molecule has 4 aromatic rings. The quantitative estimate of drug-likeness (QED) is 0.381. The first kappa shape index (κ1) is 20.4. The Labute approximate surface area is 181 Å². The van der Waals surface area contributed by atoms with Gasteiger partial charge in [-0.2, -0.15) is 0 Å². The summed E-state index contributed by atoms with van der Waals surface area (Å²) in [7, 11) is 0. The van der Waals surface area contributed by atoms with E-state index >= 15 is 0 Å². The monoisotopic (exact) mass is 412 g/mol. The first-order valence-corrected chi connectivity index (χ1v) is 10.2.